The molecule has 1 aliphatic heterocycles. The van der Waals surface area contributed by atoms with Gasteiger partial charge in [-0.15, -0.1) is 0 Å². The number of ether oxygens (including phenoxy) is 1. The Balaban J connectivity index is 1.43. The second-order valence-electron chi connectivity index (χ2n) is 7.28. The van der Waals surface area contributed by atoms with Gasteiger partial charge < -0.3 is 14.6 Å². The van der Waals surface area contributed by atoms with Gasteiger partial charge >= 0.3 is 0 Å². The summed E-state index contributed by atoms with van der Waals surface area (Å²) in [6.45, 7) is 3.85. The van der Waals surface area contributed by atoms with Crippen LogP contribution in [-0.2, 0) is 24.1 Å². The highest BCUT2D eigenvalue weighted by Gasteiger charge is 2.27. The number of nitrogens with one attached hydrogen (secondary N) is 1. The van der Waals surface area contributed by atoms with Gasteiger partial charge in [0.15, 0.2) is 0 Å². The number of fused-ring (bicyclic) bond motifs is 1. The van der Waals surface area contributed by atoms with E-state index in [1.54, 1.807) is 6.07 Å². The van der Waals surface area contributed by atoms with E-state index in [2.05, 4.69) is 16.0 Å². The van der Waals surface area contributed by atoms with Crippen LogP contribution in [0.3, 0.4) is 0 Å². The van der Waals surface area contributed by atoms with E-state index in [0.29, 0.717) is 12.0 Å². The van der Waals surface area contributed by atoms with Crippen molar-refractivity contribution in [2.75, 3.05) is 19.8 Å². The molecule has 2 aliphatic carbocycles. The van der Waals surface area contributed by atoms with Crippen LogP contribution < -0.4 is 10.9 Å². The molecule has 0 aromatic carbocycles. The van der Waals surface area contributed by atoms with Gasteiger partial charge in [0.2, 0.25) is 0 Å². The molecule has 1 aromatic heterocycles. The first kappa shape index (κ1) is 14.5. The van der Waals surface area contributed by atoms with Crippen LogP contribution >= 0.6 is 0 Å². The third kappa shape index (κ3) is 3.13. The lowest BCUT2D eigenvalue weighted by Crippen LogP contribution is -2.39. The molecule has 0 radical (unpaired) electrons. The van der Waals surface area contributed by atoms with Crippen molar-refractivity contribution in [1.29, 1.82) is 0 Å². The second-order valence-corrected chi connectivity index (χ2v) is 7.28. The molecule has 3 aliphatic rings. The molecule has 0 spiro atoms. The fourth-order valence-corrected chi connectivity index (χ4v) is 3.83. The van der Waals surface area contributed by atoms with Crippen LogP contribution in [0.2, 0.25) is 0 Å². The molecule has 1 N–H and O–H groups in total. The van der Waals surface area contributed by atoms with Crippen molar-refractivity contribution in [3.8, 4) is 0 Å². The maximum Gasteiger partial charge on any atom is 0.250 e. The van der Waals surface area contributed by atoms with E-state index in [0.717, 1.165) is 51.5 Å². The molecular weight excluding hydrogens is 276 g/mol. The number of aromatic nitrogens is 1. The number of hydrogen-bond acceptors (Lipinski definition) is 3. The lowest BCUT2D eigenvalue weighted by atomic mass is 9.91. The molecule has 120 valence electrons. The minimum atomic E-state index is 0.195. The molecule has 1 aromatic rings. The number of nitrogens with zero attached hydrogens (tertiary/aromatic N) is 1. The van der Waals surface area contributed by atoms with Crippen molar-refractivity contribution in [3.63, 3.8) is 0 Å². The molecule has 2 atom stereocenters. The maximum absolute atomic E-state index is 12.2. The number of rotatable bonds is 5. The van der Waals surface area contributed by atoms with Crippen molar-refractivity contribution < 1.29 is 4.74 Å². The minimum Gasteiger partial charge on any atom is -0.381 e. The lowest BCUT2D eigenvalue weighted by molar-refractivity contribution is 0.184. The Bertz CT molecular complexity index is 585. The van der Waals surface area contributed by atoms with E-state index in [1.165, 1.54) is 30.5 Å². The number of pyridine rings is 1. The second kappa shape index (κ2) is 6.17. The molecule has 2 heterocycles. The monoisotopic (exact) mass is 302 g/mol. The Labute approximate surface area is 131 Å². The van der Waals surface area contributed by atoms with Crippen LogP contribution in [0.15, 0.2) is 16.9 Å². The maximum atomic E-state index is 12.2. The predicted molar refractivity (Wildman–Crippen MR) is 86.2 cm³/mol. The Morgan fingerprint density at radius 1 is 1.18 bits per heavy atom. The summed E-state index contributed by atoms with van der Waals surface area (Å²) >= 11 is 0. The van der Waals surface area contributed by atoms with Gasteiger partial charge in [0.1, 0.15) is 0 Å². The van der Waals surface area contributed by atoms with Crippen molar-refractivity contribution in [2.45, 2.75) is 51.1 Å². The van der Waals surface area contributed by atoms with Crippen LogP contribution in [0.4, 0.5) is 0 Å². The summed E-state index contributed by atoms with van der Waals surface area (Å²) in [6, 6.07) is 4.39. The quantitative estimate of drug-likeness (QED) is 0.901. The molecule has 2 unspecified atom stereocenters. The predicted octanol–water partition coefficient (Wildman–Crippen LogP) is 1.74. The molecule has 1 saturated carbocycles. The summed E-state index contributed by atoms with van der Waals surface area (Å²) in [6.07, 6.45) is 7.03. The van der Waals surface area contributed by atoms with Crippen molar-refractivity contribution in [3.05, 3.63) is 33.7 Å². The smallest absolute Gasteiger partial charge is 0.250 e. The first-order valence-corrected chi connectivity index (χ1v) is 8.82. The third-order valence-electron chi connectivity index (χ3n) is 5.44. The van der Waals surface area contributed by atoms with E-state index < -0.39 is 0 Å². The average molecular weight is 302 g/mol. The molecule has 4 nitrogen and oxygen atoms in total. The van der Waals surface area contributed by atoms with Crippen LogP contribution in [0.1, 0.15) is 36.9 Å². The SMILES string of the molecule is O=c1ccc2c(n1CC1CC1)CCC(NCC1CCOC1)C2. The molecule has 22 heavy (non-hydrogen) atoms. The highest BCUT2D eigenvalue weighted by atomic mass is 16.5. The zero-order chi connectivity index (χ0) is 14.9. The summed E-state index contributed by atoms with van der Waals surface area (Å²) < 4.78 is 7.51. The largest absolute Gasteiger partial charge is 0.381 e. The van der Waals surface area contributed by atoms with E-state index in [4.69, 9.17) is 4.74 Å². The fourth-order valence-electron chi connectivity index (χ4n) is 3.83. The fraction of sp³-hybridized carbons (Fsp3) is 0.722. The van der Waals surface area contributed by atoms with E-state index in [-0.39, 0.29) is 5.56 Å². The van der Waals surface area contributed by atoms with Gasteiger partial charge in [-0.2, -0.15) is 0 Å². The van der Waals surface area contributed by atoms with Gasteiger partial charge in [-0.1, -0.05) is 6.07 Å². The summed E-state index contributed by atoms with van der Waals surface area (Å²) in [4.78, 5) is 12.2. The van der Waals surface area contributed by atoms with Gasteiger partial charge in [0, 0.05) is 37.5 Å². The Morgan fingerprint density at radius 3 is 2.86 bits per heavy atom. The van der Waals surface area contributed by atoms with Gasteiger partial charge in [-0.3, -0.25) is 4.79 Å². The van der Waals surface area contributed by atoms with Gasteiger partial charge in [-0.05, 0) is 55.9 Å². The highest BCUT2D eigenvalue weighted by Crippen LogP contribution is 2.31. The van der Waals surface area contributed by atoms with E-state index in [1.807, 2.05) is 0 Å². The molecule has 4 rings (SSSR count). The van der Waals surface area contributed by atoms with Gasteiger partial charge in [0.25, 0.3) is 5.56 Å². The van der Waals surface area contributed by atoms with Crippen molar-refractivity contribution in [2.24, 2.45) is 11.8 Å². The Hall–Kier alpha value is -1.13. The molecule has 0 bridgehead atoms. The first-order chi connectivity index (χ1) is 10.8. The van der Waals surface area contributed by atoms with Crippen LogP contribution in [0, 0.1) is 11.8 Å². The topological polar surface area (TPSA) is 43.3 Å². The zero-order valence-corrected chi connectivity index (χ0v) is 13.2. The standard InChI is InChI=1S/C18H26N2O2/c21-18-6-3-15-9-16(19-10-14-7-8-22-12-14)4-5-17(15)20(18)11-13-1-2-13/h3,6,13-14,16,19H,1-2,4-5,7-12H2. The molecule has 0 amide bonds. The van der Waals surface area contributed by atoms with Gasteiger partial charge in [-0.25, -0.2) is 0 Å². The summed E-state index contributed by atoms with van der Waals surface area (Å²) in [5.74, 6) is 1.44. The van der Waals surface area contributed by atoms with Crippen LogP contribution in [0.5, 0.6) is 0 Å². The van der Waals surface area contributed by atoms with Crippen LogP contribution in [-0.4, -0.2) is 30.4 Å². The van der Waals surface area contributed by atoms with Crippen LogP contribution in [0.25, 0.3) is 0 Å². The zero-order valence-electron chi connectivity index (χ0n) is 13.2. The summed E-state index contributed by atoms with van der Waals surface area (Å²) in [5, 5.41) is 3.72. The van der Waals surface area contributed by atoms with Gasteiger partial charge in [0.05, 0.1) is 6.61 Å². The Morgan fingerprint density at radius 2 is 2.09 bits per heavy atom. The molecule has 1 saturated heterocycles. The molecule has 2 fully saturated rings. The lowest BCUT2D eigenvalue weighted by Gasteiger charge is -2.28. The molecular formula is C18H26N2O2. The average Bonchev–Trinajstić information content (AvgIpc) is 3.20. The minimum absolute atomic E-state index is 0.195. The summed E-state index contributed by atoms with van der Waals surface area (Å²) in [5.41, 5.74) is 2.88. The summed E-state index contributed by atoms with van der Waals surface area (Å²) in [7, 11) is 0. The Kier molecular flexibility index (Phi) is 4.05. The van der Waals surface area contributed by atoms with E-state index in [9.17, 15) is 4.79 Å². The normalized spacial score (nSPS) is 27.8. The molecule has 4 heteroatoms. The first-order valence-electron chi connectivity index (χ1n) is 8.82. The van der Waals surface area contributed by atoms with Crippen molar-refractivity contribution in [1.82, 2.24) is 9.88 Å². The number of hydrogen-bond donors (Lipinski definition) is 1. The third-order valence-corrected chi connectivity index (χ3v) is 5.44. The van der Waals surface area contributed by atoms with E-state index >= 15 is 0 Å². The highest BCUT2D eigenvalue weighted by molar-refractivity contribution is 5.25. The van der Waals surface area contributed by atoms with Crippen molar-refractivity contribution >= 4 is 0 Å².